The van der Waals surface area contributed by atoms with E-state index in [1.54, 1.807) is 0 Å². The Bertz CT molecular complexity index is 972. The molecule has 4 heteroatoms. The molecule has 30 heavy (non-hydrogen) atoms. The summed E-state index contributed by atoms with van der Waals surface area (Å²) in [5.41, 5.74) is 4.60. The monoisotopic (exact) mass is 399 g/mol. The third-order valence-electron chi connectivity index (χ3n) is 6.30. The van der Waals surface area contributed by atoms with Crippen LogP contribution in [-0.4, -0.2) is 43.6 Å². The second-order valence-electron chi connectivity index (χ2n) is 8.13. The van der Waals surface area contributed by atoms with E-state index in [9.17, 15) is 4.79 Å². The summed E-state index contributed by atoms with van der Waals surface area (Å²) in [6.07, 6.45) is 0.893. The minimum absolute atomic E-state index is 0.139. The lowest BCUT2D eigenvalue weighted by molar-refractivity contribution is -0.929. The zero-order valence-corrected chi connectivity index (χ0v) is 17.1. The van der Waals surface area contributed by atoms with Crippen molar-refractivity contribution in [2.75, 3.05) is 32.8 Å². The molecule has 1 fully saturated rings. The molecule has 0 saturated carbocycles. The first-order valence-electron chi connectivity index (χ1n) is 10.8. The van der Waals surface area contributed by atoms with Gasteiger partial charge in [-0.05, 0) is 23.8 Å². The Labute approximate surface area is 177 Å². The van der Waals surface area contributed by atoms with E-state index in [1.165, 1.54) is 16.0 Å². The fourth-order valence-corrected chi connectivity index (χ4v) is 4.74. The van der Waals surface area contributed by atoms with E-state index in [1.807, 2.05) is 23.1 Å². The molecule has 3 aromatic rings. The first-order chi connectivity index (χ1) is 14.8. The van der Waals surface area contributed by atoms with Gasteiger partial charge >= 0.3 is 0 Å². The minimum Gasteiger partial charge on any atom is -0.493 e. The lowest BCUT2D eigenvalue weighted by Gasteiger charge is -2.37. The summed E-state index contributed by atoms with van der Waals surface area (Å²) in [6, 6.07) is 27.6. The van der Waals surface area contributed by atoms with Crippen LogP contribution in [0.4, 0.5) is 0 Å². The predicted molar refractivity (Wildman–Crippen MR) is 117 cm³/mol. The second-order valence-corrected chi connectivity index (χ2v) is 8.13. The molecule has 1 saturated heterocycles. The molecular formula is C26H27N2O2+. The van der Waals surface area contributed by atoms with Crippen molar-refractivity contribution in [3.8, 4) is 5.75 Å². The first kappa shape index (κ1) is 18.9. The average Bonchev–Trinajstić information content (AvgIpc) is 3.29. The Balaban J connectivity index is 1.32. The Hall–Kier alpha value is -3.11. The van der Waals surface area contributed by atoms with Crippen LogP contribution in [-0.2, 0) is 6.42 Å². The van der Waals surface area contributed by atoms with Gasteiger partial charge in [-0.1, -0.05) is 60.7 Å². The average molecular weight is 400 g/mol. The largest absolute Gasteiger partial charge is 0.493 e. The highest BCUT2D eigenvalue weighted by Crippen LogP contribution is 2.26. The van der Waals surface area contributed by atoms with Crippen molar-refractivity contribution in [2.24, 2.45) is 0 Å². The predicted octanol–water partition coefficient (Wildman–Crippen LogP) is 2.75. The molecule has 2 aliphatic heterocycles. The molecule has 0 bridgehead atoms. The lowest BCUT2D eigenvalue weighted by atomic mass is 9.96. The van der Waals surface area contributed by atoms with Crippen LogP contribution in [0.2, 0.25) is 0 Å². The molecule has 1 N–H and O–H groups in total. The highest BCUT2D eigenvalue weighted by atomic mass is 16.5. The number of nitrogens with one attached hydrogen (secondary N) is 1. The molecule has 0 radical (unpaired) electrons. The van der Waals surface area contributed by atoms with Crippen LogP contribution in [0.5, 0.6) is 5.75 Å². The van der Waals surface area contributed by atoms with Gasteiger partial charge in [0.05, 0.1) is 32.8 Å². The number of quaternary nitrogens is 1. The molecule has 2 heterocycles. The molecule has 3 aromatic carbocycles. The maximum atomic E-state index is 13.1. The van der Waals surface area contributed by atoms with Crippen LogP contribution in [0.15, 0.2) is 78.9 Å². The maximum absolute atomic E-state index is 13.1. The van der Waals surface area contributed by atoms with Crippen LogP contribution in [0.25, 0.3) is 0 Å². The van der Waals surface area contributed by atoms with Gasteiger partial charge in [0.15, 0.2) is 0 Å². The molecule has 4 nitrogen and oxygen atoms in total. The van der Waals surface area contributed by atoms with Crippen LogP contribution < -0.4 is 9.64 Å². The fourth-order valence-electron chi connectivity index (χ4n) is 4.74. The highest BCUT2D eigenvalue weighted by Gasteiger charge is 2.32. The summed E-state index contributed by atoms with van der Waals surface area (Å²) >= 11 is 0. The molecule has 152 valence electrons. The standard InChI is InChI=1S/C26H26N2O2/c29-26(23-11-12-24-22(19-23)13-18-30-24)28-16-14-27(15-17-28)25(20-7-3-1-4-8-20)21-9-5-2-6-10-21/h1-12,19,25H,13-18H2/p+1. The summed E-state index contributed by atoms with van der Waals surface area (Å²) in [7, 11) is 0. The lowest BCUT2D eigenvalue weighted by Crippen LogP contribution is -3.15. The second kappa shape index (κ2) is 8.33. The van der Waals surface area contributed by atoms with Gasteiger partial charge in [-0.25, -0.2) is 0 Å². The summed E-state index contributed by atoms with van der Waals surface area (Å²) < 4.78 is 5.57. The molecule has 1 amide bonds. The number of fused-ring (bicyclic) bond motifs is 1. The normalized spacial score (nSPS) is 16.4. The van der Waals surface area contributed by atoms with Crippen LogP contribution in [0.1, 0.15) is 33.1 Å². The molecule has 0 spiro atoms. The van der Waals surface area contributed by atoms with Gasteiger partial charge in [-0.3, -0.25) is 4.79 Å². The number of hydrogen-bond acceptors (Lipinski definition) is 2. The number of amides is 1. The fraction of sp³-hybridized carbons (Fsp3) is 0.269. The molecule has 2 aliphatic rings. The maximum Gasteiger partial charge on any atom is 0.254 e. The van der Waals surface area contributed by atoms with Gasteiger partial charge in [0.1, 0.15) is 11.8 Å². The summed E-state index contributed by atoms with van der Waals surface area (Å²) in [6.45, 7) is 4.15. The van der Waals surface area contributed by atoms with Crippen molar-refractivity contribution < 1.29 is 14.4 Å². The van der Waals surface area contributed by atoms with E-state index in [0.717, 1.165) is 56.1 Å². The molecule has 0 aliphatic carbocycles. The Kier molecular flexibility index (Phi) is 5.24. The van der Waals surface area contributed by atoms with Gasteiger partial charge in [0, 0.05) is 23.1 Å². The van der Waals surface area contributed by atoms with E-state index in [-0.39, 0.29) is 5.91 Å². The van der Waals surface area contributed by atoms with Crippen molar-refractivity contribution in [3.63, 3.8) is 0 Å². The Morgan fingerprint density at radius 3 is 2.13 bits per heavy atom. The third kappa shape index (κ3) is 3.71. The zero-order chi connectivity index (χ0) is 20.3. The number of carbonyl (C=O) groups is 1. The van der Waals surface area contributed by atoms with Crippen molar-refractivity contribution in [3.05, 3.63) is 101 Å². The topological polar surface area (TPSA) is 34.0 Å². The summed E-state index contributed by atoms with van der Waals surface area (Å²) in [5, 5.41) is 0. The smallest absolute Gasteiger partial charge is 0.254 e. The van der Waals surface area contributed by atoms with E-state index in [2.05, 4.69) is 60.7 Å². The Morgan fingerprint density at radius 2 is 1.50 bits per heavy atom. The number of benzene rings is 3. The summed E-state index contributed by atoms with van der Waals surface area (Å²) in [5.74, 6) is 1.06. The van der Waals surface area contributed by atoms with E-state index in [0.29, 0.717) is 6.04 Å². The zero-order valence-electron chi connectivity index (χ0n) is 17.1. The Morgan fingerprint density at radius 1 is 0.867 bits per heavy atom. The van der Waals surface area contributed by atoms with Crippen molar-refractivity contribution in [1.82, 2.24) is 4.90 Å². The number of ether oxygens (including phenoxy) is 1. The molecule has 0 unspecified atom stereocenters. The van der Waals surface area contributed by atoms with E-state index in [4.69, 9.17) is 4.74 Å². The van der Waals surface area contributed by atoms with Crippen LogP contribution in [0, 0.1) is 0 Å². The van der Waals surface area contributed by atoms with E-state index < -0.39 is 0 Å². The SMILES string of the molecule is O=C(c1ccc2c(c1)CCO2)N1CC[NH+](C(c2ccccc2)c2ccccc2)CC1. The number of nitrogens with zero attached hydrogens (tertiary/aromatic N) is 1. The number of piperazine rings is 1. The first-order valence-corrected chi connectivity index (χ1v) is 10.8. The van der Waals surface area contributed by atoms with Gasteiger partial charge in [-0.2, -0.15) is 0 Å². The van der Waals surface area contributed by atoms with Crippen molar-refractivity contribution >= 4 is 5.91 Å². The molecule has 0 atom stereocenters. The summed E-state index contributed by atoms with van der Waals surface area (Å²) in [4.78, 5) is 16.6. The van der Waals surface area contributed by atoms with Crippen LogP contribution in [0.3, 0.4) is 0 Å². The number of hydrogen-bond donors (Lipinski definition) is 1. The van der Waals surface area contributed by atoms with Crippen molar-refractivity contribution in [1.29, 1.82) is 0 Å². The number of rotatable bonds is 4. The van der Waals surface area contributed by atoms with Gasteiger partial charge in [0.25, 0.3) is 5.91 Å². The minimum atomic E-state index is 0.139. The quantitative estimate of drug-likeness (QED) is 0.732. The van der Waals surface area contributed by atoms with Crippen LogP contribution >= 0.6 is 0 Å². The highest BCUT2D eigenvalue weighted by molar-refractivity contribution is 5.94. The molecular weight excluding hydrogens is 372 g/mol. The molecule has 5 rings (SSSR count). The van der Waals surface area contributed by atoms with Gasteiger partial charge in [-0.15, -0.1) is 0 Å². The van der Waals surface area contributed by atoms with Crippen molar-refractivity contribution in [2.45, 2.75) is 12.5 Å². The third-order valence-corrected chi connectivity index (χ3v) is 6.30. The van der Waals surface area contributed by atoms with Gasteiger partial charge in [0.2, 0.25) is 0 Å². The van der Waals surface area contributed by atoms with E-state index >= 15 is 0 Å². The number of carbonyl (C=O) groups excluding carboxylic acids is 1. The van der Waals surface area contributed by atoms with Gasteiger partial charge < -0.3 is 14.5 Å². The molecule has 0 aromatic heterocycles.